The number of rotatable bonds is 4. The molecule has 0 fully saturated rings. The lowest BCUT2D eigenvalue weighted by molar-refractivity contribution is -0.117. The lowest BCUT2D eigenvalue weighted by Gasteiger charge is -2.20. The Labute approximate surface area is 166 Å². The molecule has 1 amide bonds. The molecule has 5 nitrogen and oxygen atoms in total. The molecular formula is C21H21BrN4O. The Kier molecular flexibility index (Phi) is 4.85. The average Bonchev–Trinajstić information content (AvgIpc) is 3.27. The highest BCUT2D eigenvalue weighted by Gasteiger charge is 2.32. The molecule has 3 N–H and O–H groups in total. The average molecular weight is 425 g/mol. The van der Waals surface area contributed by atoms with E-state index in [4.69, 9.17) is 5.73 Å². The first-order valence-electron chi connectivity index (χ1n) is 8.94. The topological polar surface area (TPSA) is 72.9 Å². The second kappa shape index (κ2) is 7.29. The number of fused-ring (bicyclic) bond motifs is 1. The molecule has 0 aliphatic heterocycles. The summed E-state index contributed by atoms with van der Waals surface area (Å²) in [6.45, 7) is 0. The Balaban J connectivity index is 1.47. The number of nitrogens with two attached hydrogens (primary N) is 1. The zero-order valence-electron chi connectivity index (χ0n) is 15.0. The molecule has 2 atom stereocenters. The summed E-state index contributed by atoms with van der Waals surface area (Å²) in [6.07, 6.45) is 5.45. The van der Waals surface area contributed by atoms with Gasteiger partial charge in [-0.15, -0.1) is 0 Å². The van der Waals surface area contributed by atoms with Gasteiger partial charge in [-0.25, -0.2) is 4.98 Å². The van der Waals surface area contributed by atoms with E-state index in [9.17, 15) is 4.79 Å². The molecule has 6 heteroatoms. The van der Waals surface area contributed by atoms with Crippen LogP contribution >= 0.6 is 15.9 Å². The monoisotopic (exact) mass is 424 g/mol. The van der Waals surface area contributed by atoms with Crippen LogP contribution in [0.2, 0.25) is 0 Å². The quantitative estimate of drug-likeness (QED) is 0.667. The van der Waals surface area contributed by atoms with Crippen molar-refractivity contribution in [3.8, 4) is 11.3 Å². The van der Waals surface area contributed by atoms with Crippen molar-refractivity contribution in [1.29, 1.82) is 0 Å². The van der Waals surface area contributed by atoms with Crippen LogP contribution in [0.1, 0.15) is 23.5 Å². The first-order chi connectivity index (χ1) is 13.0. The molecule has 1 heterocycles. The van der Waals surface area contributed by atoms with Gasteiger partial charge in [0.25, 0.3) is 0 Å². The molecule has 0 bridgehead atoms. The molecule has 2 aromatic carbocycles. The molecule has 0 spiro atoms. The summed E-state index contributed by atoms with van der Waals surface area (Å²) >= 11 is 3.51. The summed E-state index contributed by atoms with van der Waals surface area (Å²) in [4.78, 5) is 16.8. The summed E-state index contributed by atoms with van der Waals surface area (Å²) in [5.41, 5.74) is 11.6. The van der Waals surface area contributed by atoms with Crippen LogP contribution < -0.4 is 11.1 Å². The third-order valence-corrected chi connectivity index (χ3v) is 5.73. The van der Waals surface area contributed by atoms with E-state index in [0.717, 1.165) is 34.3 Å². The minimum Gasteiger partial charge on any atom is -0.334 e. The smallest absolute Gasteiger partial charge is 0.241 e. The lowest BCUT2D eigenvalue weighted by Crippen LogP contribution is -2.40. The van der Waals surface area contributed by atoms with E-state index in [1.165, 1.54) is 11.1 Å². The fraction of sp³-hybridized carbons (Fsp3) is 0.238. The van der Waals surface area contributed by atoms with Crippen molar-refractivity contribution in [2.75, 3.05) is 5.32 Å². The minimum absolute atomic E-state index is 0.0474. The van der Waals surface area contributed by atoms with Crippen LogP contribution in [0.3, 0.4) is 0 Å². The Morgan fingerprint density at radius 2 is 2.07 bits per heavy atom. The summed E-state index contributed by atoms with van der Waals surface area (Å²) in [5, 5.41) is 2.95. The van der Waals surface area contributed by atoms with Gasteiger partial charge in [0.1, 0.15) is 0 Å². The Morgan fingerprint density at radius 1 is 1.30 bits per heavy atom. The van der Waals surface area contributed by atoms with Gasteiger partial charge in [-0.1, -0.05) is 34.1 Å². The van der Waals surface area contributed by atoms with Gasteiger partial charge in [0, 0.05) is 23.1 Å². The number of halogens is 1. The summed E-state index contributed by atoms with van der Waals surface area (Å²) < 4.78 is 2.98. The van der Waals surface area contributed by atoms with Gasteiger partial charge in [-0.05, 0) is 53.8 Å². The third-order valence-electron chi connectivity index (χ3n) is 5.23. The van der Waals surface area contributed by atoms with Crippen molar-refractivity contribution in [3.63, 3.8) is 0 Å². The van der Waals surface area contributed by atoms with E-state index in [0.29, 0.717) is 0 Å². The first kappa shape index (κ1) is 17.9. The maximum atomic E-state index is 12.7. The summed E-state index contributed by atoms with van der Waals surface area (Å²) in [7, 11) is 1.95. The molecule has 3 aromatic rings. The van der Waals surface area contributed by atoms with Gasteiger partial charge in [0.05, 0.1) is 24.3 Å². The number of anilines is 1. The van der Waals surface area contributed by atoms with E-state index >= 15 is 0 Å². The van der Waals surface area contributed by atoms with Crippen molar-refractivity contribution in [3.05, 3.63) is 70.6 Å². The predicted octanol–water partition coefficient (Wildman–Crippen LogP) is 3.85. The number of carbonyl (C=O) groups is 1. The normalized spacial score (nSPS) is 16.8. The number of imidazole rings is 1. The van der Waals surface area contributed by atoms with Gasteiger partial charge in [-0.3, -0.25) is 4.79 Å². The van der Waals surface area contributed by atoms with E-state index < -0.39 is 6.04 Å². The molecule has 4 rings (SSSR count). The molecule has 1 aromatic heterocycles. The maximum absolute atomic E-state index is 12.7. The summed E-state index contributed by atoms with van der Waals surface area (Å²) in [6, 6.07) is 13.4. The van der Waals surface area contributed by atoms with Crippen molar-refractivity contribution in [1.82, 2.24) is 9.55 Å². The Hall–Kier alpha value is -2.44. The zero-order chi connectivity index (χ0) is 19.0. The van der Waals surface area contributed by atoms with Crippen molar-refractivity contribution in [2.45, 2.75) is 24.8 Å². The molecule has 27 heavy (non-hydrogen) atoms. The van der Waals surface area contributed by atoms with E-state index in [1.54, 1.807) is 6.33 Å². The number of aryl methyl sites for hydroxylation is 2. The van der Waals surface area contributed by atoms with E-state index in [2.05, 4.69) is 38.4 Å². The number of carbonyl (C=O) groups excluding carboxylic acids is 1. The molecular weight excluding hydrogens is 404 g/mol. The highest BCUT2D eigenvalue weighted by Crippen LogP contribution is 2.36. The highest BCUT2D eigenvalue weighted by molar-refractivity contribution is 9.10. The molecule has 1 aliphatic rings. The predicted molar refractivity (Wildman–Crippen MR) is 110 cm³/mol. The Morgan fingerprint density at radius 3 is 2.78 bits per heavy atom. The second-order valence-corrected chi connectivity index (χ2v) is 7.89. The van der Waals surface area contributed by atoms with Crippen molar-refractivity contribution in [2.24, 2.45) is 12.8 Å². The number of aromatic nitrogens is 2. The molecule has 0 radical (unpaired) electrons. The molecule has 1 aliphatic carbocycles. The molecule has 0 unspecified atom stereocenters. The van der Waals surface area contributed by atoms with Gasteiger partial charge in [0.2, 0.25) is 5.91 Å². The van der Waals surface area contributed by atoms with Crippen LogP contribution in [-0.4, -0.2) is 21.5 Å². The van der Waals surface area contributed by atoms with Gasteiger partial charge in [0.15, 0.2) is 0 Å². The second-order valence-electron chi connectivity index (χ2n) is 6.97. The SMILES string of the molecule is Cn1cncc1-c1ccc(NC(=O)[C@@H](N)[C@H]2CCc3ccc(Br)cc32)cc1. The largest absolute Gasteiger partial charge is 0.334 e. The number of hydrogen-bond donors (Lipinski definition) is 2. The Bertz CT molecular complexity index is 980. The molecule has 0 saturated carbocycles. The van der Waals surface area contributed by atoms with Crippen LogP contribution in [0.25, 0.3) is 11.3 Å². The van der Waals surface area contributed by atoms with Crippen LogP contribution in [0, 0.1) is 0 Å². The third kappa shape index (κ3) is 3.55. The number of benzene rings is 2. The first-order valence-corrected chi connectivity index (χ1v) is 9.74. The number of nitrogens with zero attached hydrogens (tertiary/aromatic N) is 2. The molecule has 138 valence electrons. The van der Waals surface area contributed by atoms with Crippen LogP contribution in [-0.2, 0) is 18.3 Å². The van der Waals surface area contributed by atoms with Crippen LogP contribution in [0.15, 0.2) is 59.5 Å². The minimum atomic E-state index is -0.572. The number of amides is 1. The maximum Gasteiger partial charge on any atom is 0.241 e. The van der Waals surface area contributed by atoms with Gasteiger partial charge >= 0.3 is 0 Å². The highest BCUT2D eigenvalue weighted by atomic mass is 79.9. The fourth-order valence-corrected chi connectivity index (χ4v) is 4.12. The van der Waals surface area contributed by atoms with Crippen LogP contribution in [0.4, 0.5) is 5.69 Å². The van der Waals surface area contributed by atoms with Crippen molar-refractivity contribution >= 4 is 27.5 Å². The van der Waals surface area contributed by atoms with Crippen molar-refractivity contribution < 1.29 is 4.79 Å². The van der Waals surface area contributed by atoms with E-state index in [1.807, 2.05) is 48.1 Å². The standard InChI is InChI=1S/C21H21BrN4O/c1-26-12-24-11-19(26)14-3-7-16(8-4-14)25-21(27)20(23)17-9-5-13-2-6-15(22)10-18(13)17/h2-4,6-8,10-12,17,20H,5,9,23H2,1H3,(H,25,27)/t17-,20-/m0/s1. The number of nitrogens with one attached hydrogen (secondary N) is 1. The lowest BCUT2D eigenvalue weighted by atomic mass is 9.93. The van der Waals surface area contributed by atoms with Crippen LogP contribution in [0.5, 0.6) is 0 Å². The fourth-order valence-electron chi connectivity index (χ4n) is 3.75. The van der Waals surface area contributed by atoms with Gasteiger partial charge in [-0.2, -0.15) is 0 Å². The zero-order valence-corrected chi connectivity index (χ0v) is 16.6. The molecule has 0 saturated heterocycles. The van der Waals surface area contributed by atoms with Gasteiger partial charge < -0.3 is 15.6 Å². The number of hydrogen-bond acceptors (Lipinski definition) is 3. The van der Waals surface area contributed by atoms with E-state index in [-0.39, 0.29) is 11.8 Å². The summed E-state index contributed by atoms with van der Waals surface area (Å²) in [5.74, 6) is -0.104.